The Labute approximate surface area is 115 Å². The Morgan fingerprint density at radius 1 is 0.850 bits per heavy atom. The molecule has 0 atom stereocenters. The van der Waals surface area contributed by atoms with Crippen molar-refractivity contribution in [3.8, 4) is 5.75 Å². The summed E-state index contributed by atoms with van der Waals surface area (Å²) in [6.45, 7) is 0. The van der Waals surface area contributed by atoms with Gasteiger partial charge in [-0.15, -0.1) is 0 Å². The number of carbonyl (C=O) groups excluding carboxylic acids is 1. The van der Waals surface area contributed by atoms with Gasteiger partial charge in [-0.05, 0) is 35.9 Å². The van der Waals surface area contributed by atoms with Gasteiger partial charge in [0.15, 0.2) is 5.78 Å². The van der Waals surface area contributed by atoms with Crippen LogP contribution in [-0.4, -0.2) is 22.0 Å². The van der Waals surface area contributed by atoms with Crippen LogP contribution >= 0.6 is 0 Å². The first-order valence-corrected chi connectivity index (χ1v) is 5.91. The van der Waals surface area contributed by atoms with E-state index in [9.17, 15) is 9.59 Å². The monoisotopic (exact) mass is 268 g/mol. The summed E-state index contributed by atoms with van der Waals surface area (Å²) in [4.78, 5) is 22.6. The molecule has 2 aromatic rings. The molecule has 0 bridgehead atoms. The fourth-order valence-electron chi connectivity index (χ4n) is 1.63. The highest BCUT2D eigenvalue weighted by molar-refractivity contribution is 6.07. The first-order valence-electron chi connectivity index (χ1n) is 5.91. The number of allylic oxidation sites excluding steroid dienone is 1. The third kappa shape index (κ3) is 3.32. The average Bonchev–Trinajstić information content (AvgIpc) is 2.46. The van der Waals surface area contributed by atoms with E-state index in [0.717, 1.165) is 5.56 Å². The summed E-state index contributed by atoms with van der Waals surface area (Å²) in [6.07, 6.45) is 3.04. The standard InChI is InChI=1S/C16H12O4/c17-14-8-1-11(2-9-14)3-10-15(18)12-4-6-13(7-5-12)16(19)20/h1-10,17H,(H,19,20)/b10-3+. The lowest BCUT2D eigenvalue weighted by Gasteiger charge is -1.98. The van der Waals surface area contributed by atoms with Crippen molar-refractivity contribution in [2.24, 2.45) is 0 Å². The average molecular weight is 268 g/mol. The number of hydrogen-bond acceptors (Lipinski definition) is 3. The van der Waals surface area contributed by atoms with Crippen LogP contribution in [0.5, 0.6) is 5.75 Å². The summed E-state index contributed by atoms with van der Waals surface area (Å²) in [7, 11) is 0. The summed E-state index contributed by atoms with van der Waals surface area (Å²) in [5.74, 6) is -1.07. The molecule has 0 saturated heterocycles. The molecule has 2 rings (SSSR count). The Morgan fingerprint density at radius 2 is 1.40 bits per heavy atom. The van der Waals surface area contributed by atoms with Gasteiger partial charge in [0, 0.05) is 5.56 Å². The van der Waals surface area contributed by atoms with Gasteiger partial charge in [0.25, 0.3) is 0 Å². The quantitative estimate of drug-likeness (QED) is 0.660. The van der Waals surface area contributed by atoms with Crippen LogP contribution in [0.2, 0.25) is 0 Å². The van der Waals surface area contributed by atoms with Crippen molar-refractivity contribution in [1.29, 1.82) is 0 Å². The van der Waals surface area contributed by atoms with E-state index in [0.29, 0.717) is 5.56 Å². The van der Waals surface area contributed by atoms with Crippen molar-refractivity contribution < 1.29 is 19.8 Å². The van der Waals surface area contributed by atoms with Gasteiger partial charge < -0.3 is 10.2 Å². The van der Waals surface area contributed by atoms with Crippen molar-refractivity contribution in [3.63, 3.8) is 0 Å². The molecule has 2 aromatic carbocycles. The fraction of sp³-hybridized carbons (Fsp3) is 0. The molecule has 0 saturated carbocycles. The molecular weight excluding hydrogens is 256 g/mol. The Kier molecular flexibility index (Phi) is 3.96. The van der Waals surface area contributed by atoms with Crippen LogP contribution < -0.4 is 0 Å². The molecule has 0 spiro atoms. The number of phenolic OH excluding ortho intramolecular Hbond substituents is 1. The Hall–Kier alpha value is -2.88. The number of carboxylic acids is 1. The molecule has 4 nitrogen and oxygen atoms in total. The Bertz CT molecular complexity index is 652. The molecule has 100 valence electrons. The van der Waals surface area contributed by atoms with Gasteiger partial charge in [-0.3, -0.25) is 4.79 Å². The van der Waals surface area contributed by atoms with Crippen LogP contribution in [0, 0.1) is 0 Å². The lowest BCUT2D eigenvalue weighted by molar-refractivity contribution is 0.0696. The number of hydrogen-bond donors (Lipinski definition) is 2. The Balaban J connectivity index is 2.11. The minimum atomic E-state index is -1.02. The molecule has 0 aliphatic carbocycles. The van der Waals surface area contributed by atoms with Crippen LogP contribution in [0.1, 0.15) is 26.3 Å². The highest BCUT2D eigenvalue weighted by Gasteiger charge is 2.05. The van der Waals surface area contributed by atoms with Crippen LogP contribution in [0.4, 0.5) is 0 Å². The lowest BCUT2D eigenvalue weighted by Crippen LogP contribution is -1.98. The van der Waals surface area contributed by atoms with Gasteiger partial charge >= 0.3 is 5.97 Å². The first-order chi connectivity index (χ1) is 9.56. The summed E-state index contributed by atoms with van der Waals surface area (Å²) >= 11 is 0. The maximum absolute atomic E-state index is 11.9. The smallest absolute Gasteiger partial charge is 0.335 e. The van der Waals surface area contributed by atoms with Gasteiger partial charge in [-0.25, -0.2) is 4.79 Å². The molecule has 0 amide bonds. The predicted octanol–water partition coefficient (Wildman–Crippen LogP) is 2.99. The predicted molar refractivity (Wildman–Crippen MR) is 74.9 cm³/mol. The van der Waals surface area contributed by atoms with E-state index < -0.39 is 5.97 Å². The zero-order chi connectivity index (χ0) is 14.5. The van der Waals surface area contributed by atoms with Crippen LogP contribution in [0.15, 0.2) is 54.6 Å². The zero-order valence-corrected chi connectivity index (χ0v) is 10.5. The molecule has 20 heavy (non-hydrogen) atoms. The maximum Gasteiger partial charge on any atom is 0.335 e. The summed E-state index contributed by atoms with van der Waals surface area (Å²) in [5.41, 5.74) is 1.35. The molecule has 0 radical (unpaired) electrons. The number of carbonyl (C=O) groups is 2. The first kappa shape index (κ1) is 13.5. The number of benzene rings is 2. The SMILES string of the molecule is O=C(O)c1ccc(C(=O)/C=C/c2ccc(O)cc2)cc1. The number of aromatic carboxylic acids is 1. The van der Waals surface area contributed by atoms with Crippen LogP contribution in [0.25, 0.3) is 6.08 Å². The zero-order valence-electron chi connectivity index (χ0n) is 10.5. The topological polar surface area (TPSA) is 74.6 Å². The van der Waals surface area contributed by atoms with E-state index in [-0.39, 0.29) is 17.1 Å². The molecular formula is C16H12O4. The van der Waals surface area contributed by atoms with Crippen LogP contribution in [-0.2, 0) is 0 Å². The molecule has 0 unspecified atom stereocenters. The summed E-state index contributed by atoms with van der Waals surface area (Å²) < 4.78 is 0. The number of phenols is 1. The molecule has 4 heteroatoms. The van der Waals surface area contributed by atoms with Crippen LogP contribution in [0.3, 0.4) is 0 Å². The van der Waals surface area contributed by atoms with E-state index in [1.54, 1.807) is 18.2 Å². The highest BCUT2D eigenvalue weighted by atomic mass is 16.4. The Morgan fingerprint density at radius 3 is 1.95 bits per heavy atom. The second-order valence-corrected chi connectivity index (χ2v) is 4.17. The fourth-order valence-corrected chi connectivity index (χ4v) is 1.63. The molecule has 0 aromatic heterocycles. The number of aromatic hydroxyl groups is 1. The summed E-state index contributed by atoms with van der Waals surface area (Å²) in [5, 5.41) is 17.9. The molecule has 0 aliphatic heterocycles. The van der Waals surface area contributed by atoms with Crippen molar-refractivity contribution in [2.75, 3.05) is 0 Å². The number of rotatable bonds is 4. The van der Waals surface area contributed by atoms with Gasteiger partial charge in [-0.2, -0.15) is 0 Å². The maximum atomic E-state index is 11.9. The normalized spacial score (nSPS) is 10.6. The third-order valence-electron chi connectivity index (χ3n) is 2.74. The van der Waals surface area contributed by atoms with E-state index in [1.807, 2.05) is 0 Å². The molecule has 0 heterocycles. The summed E-state index contributed by atoms with van der Waals surface area (Å²) in [6, 6.07) is 12.2. The second-order valence-electron chi connectivity index (χ2n) is 4.17. The third-order valence-corrected chi connectivity index (χ3v) is 2.74. The van der Waals surface area contributed by atoms with E-state index in [1.165, 1.54) is 42.5 Å². The van der Waals surface area contributed by atoms with E-state index >= 15 is 0 Å². The number of ketones is 1. The number of carboxylic acid groups (broad SMARTS) is 1. The van der Waals surface area contributed by atoms with E-state index in [2.05, 4.69) is 0 Å². The van der Waals surface area contributed by atoms with Gasteiger partial charge in [-0.1, -0.05) is 30.3 Å². The molecule has 0 fully saturated rings. The lowest BCUT2D eigenvalue weighted by atomic mass is 10.1. The van der Waals surface area contributed by atoms with Gasteiger partial charge in [0.2, 0.25) is 0 Å². The van der Waals surface area contributed by atoms with Gasteiger partial charge in [0.1, 0.15) is 5.75 Å². The molecule has 0 aliphatic rings. The van der Waals surface area contributed by atoms with Crippen molar-refractivity contribution in [1.82, 2.24) is 0 Å². The molecule has 2 N–H and O–H groups in total. The van der Waals surface area contributed by atoms with Crippen molar-refractivity contribution in [3.05, 3.63) is 71.3 Å². The van der Waals surface area contributed by atoms with E-state index in [4.69, 9.17) is 10.2 Å². The highest BCUT2D eigenvalue weighted by Crippen LogP contribution is 2.12. The minimum Gasteiger partial charge on any atom is -0.508 e. The second kappa shape index (κ2) is 5.84. The van der Waals surface area contributed by atoms with Crippen molar-refractivity contribution in [2.45, 2.75) is 0 Å². The van der Waals surface area contributed by atoms with Crippen molar-refractivity contribution >= 4 is 17.8 Å². The van der Waals surface area contributed by atoms with Gasteiger partial charge in [0.05, 0.1) is 5.56 Å². The largest absolute Gasteiger partial charge is 0.508 e. The minimum absolute atomic E-state index is 0.143.